The lowest BCUT2D eigenvalue weighted by Crippen LogP contribution is -2.16. The third-order valence-corrected chi connectivity index (χ3v) is 3.63. The first-order chi connectivity index (χ1) is 9.74. The van der Waals surface area contributed by atoms with Crippen LogP contribution in [0.25, 0.3) is 0 Å². The number of ether oxygens (including phenoxy) is 1. The highest BCUT2D eigenvalue weighted by molar-refractivity contribution is 5.33. The molecule has 0 radical (unpaired) electrons. The molecule has 0 aliphatic rings. The topological polar surface area (TPSA) is 35.2 Å². The molecule has 1 atom stereocenters. The number of aryl methyl sites for hydroxylation is 1. The van der Waals surface area contributed by atoms with Crippen molar-refractivity contribution in [3.05, 3.63) is 65.2 Å². The van der Waals surface area contributed by atoms with Gasteiger partial charge in [0, 0.05) is 5.92 Å². The van der Waals surface area contributed by atoms with E-state index in [0.29, 0.717) is 19.1 Å². The molecular weight excluding hydrogens is 246 g/mol. The fourth-order valence-corrected chi connectivity index (χ4v) is 2.54. The zero-order chi connectivity index (χ0) is 14.4. The van der Waals surface area contributed by atoms with Crippen LogP contribution in [-0.2, 0) is 6.42 Å². The first-order valence-electron chi connectivity index (χ1n) is 7.22. The van der Waals surface area contributed by atoms with Gasteiger partial charge in [0.25, 0.3) is 0 Å². The maximum Gasteiger partial charge on any atom is 0.119 e. The van der Waals surface area contributed by atoms with Crippen molar-refractivity contribution in [2.24, 2.45) is 5.73 Å². The van der Waals surface area contributed by atoms with E-state index in [0.717, 1.165) is 12.2 Å². The van der Waals surface area contributed by atoms with Crippen molar-refractivity contribution < 1.29 is 4.74 Å². The average molecular weight is 269 g/mol. The summed E-state index contributed by atoms with van der Waals surface area (Å²) in [5.41, 5.74) is 9.94. The van der Waals surface area contributed by atoms with Crippen molar-refractivity contribution in [1.29, 1.82) is 0 Å². The molecule has 0 bridgehead atoms. The van der Waals surface area contributed by atoms with E-state index < -0.39 is 0 Å². The van der Waals surface area contributed by atoms with Crippen LogP contribution in [0.3, 0.4) is 0 Å². The van der Waals surface area contributed by atoms with Crippen molar-refractivity contribution in [2.75, 3.05) is 13.2 Å². The molecule has 0 aliphatic carbocycles. The summed E-state index contributed by atoms with van der Waals surface area (Å²) in [6.45, 7) is 5.51. The first-order valence-corrected chi connectivity index (χ1v) is 7.22. The van der Waals surface area contributed by atoms with Gasteiger partial charge in [-0.3, -0.25) is 0 Å². The zero-order valence-electron chi connectivity index (χ0n) is 12.3. The molecule has 0 heterocycles. The molecule has 106 valence electrons. The molecule has 2 heteroatoms. The van der Waals surface area contributed by atoms with Gasteiger partial charge in [-0.2, -0.15) is 0 Å². The minimum atomic E-state index is 0.370. The summed E-state index contributed by atoms with van der Waals surface area (Å²) in [6.07, 6.45) is 0.966. The first kappa shape index (κ1) is 14.6. The maximum atomic E-state index is 5.97. The van der Waals surface area contributed by atoms with Crippen molar-refractivity contribution in [3.63, 3.8) is 0 Å². The predicted molar refractivity (Wildman–Crippen MR) is 84.3 cm³/mol. The molecule has 0 aliphatic heterocycles. The van der Waals surface area contributed by atoms with Crippen LogP contribution in [-0.4, -0.2) is 13.2 Å². The van der Waals surface area contributed by atoms with Crippen LogP contribution in [0.2, 0.25) is 0 Å². The van der Waals surface area contributed by atoms with Crippen LogP contribution >= 0.6 is 0 Å². The van der Waals surface area contributed by atoms with E-state index in [9.17, 15) is 0 Å². The van der Waals surface area contributed by atoms with Gasteiger partial charge < -0.3 is 10.5 Å². The minimum Gasteiger partial charge on any atom is -0.494 e. The van der Waals surface area contributed by atoms with Gasteiger partial charge in [0.2, 0.25) is 0 Å². The van der Waals surface area contributed by atoms with Gasteiger partial charge in [-0.05, 0) is 55.6 Å². The average Bonchev–Trinajstić information content (AvgIpc) is 2.48. The van der Waals surface area contributed by atoms with E-state index in [-0.39, 0.29) is 0 Å². The van der Waals surface area contributed by atoms with Gasteiger partial charge in [-0.1, -0.05) is 36.4 Å². The summed E-state index contributed by atoms with van der Waals surface area (Å²) in [7, 11) is 0. The number of hydrogen-bond donors (Lipinski definition) is 1. The molecule has 2 N–H and O–H groups in total. The van der Waals surface area contributed by atoms with Crippen molar-refractivity contribution in [1.82, 2.24) is 0 Å². The van der Waals surface area contributed by atoms with Gasteiger partial charge in [0.15, 0.2) is 0 Å². The van der Waals surface area contributed by atoms with Gasteiger partial charge in [-0.25, -0.2) is 0 Å². The van der Waals surface area contributed by atoms with Gasteiger partial charge >= 0.3 is 0 Å². The molecule has 0 fully saturated rings. The van der Waals surface area contributed by atoms with Gasteiger partial charge in [0.1, 0.15) is 5.75 Å². The van der Waals surface area contributed by atoms with E-state index in [1.54, 1.807) is 0 Å². The Bertz CT molecular complexity index is 533. The van der Waals surface area contributed by atoms with Crippen LogP contribution < -0.4 is 10.5 Å². The number of nitrogens with two attached hydrogens (primary N) is 1. The summed E-state index contributed by atoms with van der Waals surface area (Å²) in [5.74, 6) is 1.30. The molecule has 0 saturated carbocycles. The lowest BCUT2D eigenvalue weighted by molar-refractivity contribution is 0.340. The monoisotopic (exact) mass is 269 g/mol. The third kappa shape index (κ3) is 3.61. The standard InChI is InChI=1S/C18H23NO/c1-3-20-17-10-8-15(9-11-17)12-16(13-19)18-7-5-4-6-14(18)2/h4-11,16H,3,12-13,19H2,1-2H3. The molecule has 1 unspecified atom stereocenters. The number of benzene rings is 2. The molecular formula is C18H23NO. The Labute approximate surface area is 121 Å². The smallest absolute Gasteiger partial charge is 0.119 e. The molecule has 0 amide bonds. The molecule has 2 rings (SSSR count). The quantitative estimate of drug-likeness (QED) is 0.868. The second kappa shape index (κ2) is 7.11. The zero-order valence-corrected chi connectivity index (χ0v) is 12.3. The Balaban J connectivity index is 2.12. The SMILES string of the molecule is CCOc1ccc(CC(CN)c2ccccc2C)cc1. The minimum absolute atomic E-state index is 0.370. The number of rotatable bonds is 6. The third-order valence-electron chi connectivity index (χ3n) is 3.63. The van der Waals surface area contributed by atoms with E-state index in [2.05, 4.69) is 43.3 Å². The van der Waals surface area contributed by atoms with E-state index in [1.165, 1.54) is 16.7 Å². The Hall–Kier alpha value is -1.80. The second-order valence-corrected chi connectivity index (χ2v) is 5.07. The highest BCUT2D eigenvalue weighted by Crippen LogP contribution is 2.24. The largest absolute Gasteiger partial charge is 0.494 e. The summed E-state index contributed by atoms with van der Waals surface area (Å²) in [5, 5.41) is 0. The van der Waals surface area contributed by atoms with E-state index in [1.807, 2.05) is 19.1 Å². The van der Waals surface area contributed by atoms with Crippen molar-refractivity contribution in [3.8, 4) is 5.75 Å². The van der Waals surface area contributed by atoms with E-state index in [4.69, 9.17) is 10.5 Å². The molecule has 2 aromatic rings. The summed E-state index contributed by atoms with van der Waals surface area (Å²) < 4.78 is 5.47. The normalized spacial score (nSPS) is 12.2. The lowest BCUT2D eigenvalue weighted by Gasteiger charge is -2.18. The van der Waals surface area contributed by atoms with Gasteiger partial charge in [-0.15, -0.1) is 0 Å². The molecule has 0 saturated heterocycles. The molecule has 0 aromatic heterocycles. The van der Waals surface area contributed by atoms with Crippen LogP contribution in [0.15, 0.2) is 48.5 Å². The molecule has 20 heavy (non-hydrogen) atoms. The summed E-state index contributed by atoms with van der Waals surface area (Å²) in [6, 6.07) is 16.8. The van der Waals surface area contributed by atoms with Crippen LogP contribution in [0, 0.1) is 6.92 Å². The fourth-order valence-electron chi connectivity index (χ4n) is 2.54. The van der Waals surface area contributed by atoms with Crippen molar-refractivity contribution >= 4 is 0 Å². The Morgan fingerprint density at radius 3 is 2.35 bits per heavy atom. The maximum absolute atomic E-state index is 5.97. The van der Waals surface area contributed by atoms with Crippen molar-refractivity contribution in [2.45, 2.75) is 26.2 Å². The highest BCUT2D eigenvalue weighted by Gasteiger charge is 2.12. The second-order valence-electron chi connectivity index (χ2n) is 5.07. The fraction of sp³-hybridized carbons (Fsp3) is 0.333. The Morgan fingerprint density at radius 1 is 1.05 bits per heavy atom. The van der Waals surface area contributed by atoms with Crippen LogP contribution in [0.4, 0.5) is 0 Å². The molecule has 0 spiro atoms. The summed E-state index contributed by atoms with van der Waals surface area (Å²) >= 11 is 0. The van der Waals surface area contributed by atoms with E-state index >= 15 is 0 Å². The Morgan fingerprint density at radius 2 is 1.75 bits per heavy atom. The molecule has 2 nitrogen and oxygen atoms in total. The summed E-state index contributed by atoms with van der Waals surface area (Å²) in [4.78, 5) is 0. The number of hydrogen-bond acceptors (Lipinski definition) is 2. The highest BCUT2D eigenvalue weighted by atomic mass is 16.5. The Kier molecular flexibility index (Phi) is 5.19. The van der Waals surface area contributed by atoms with Gasteiger partial charge in [0.05, 0.1) is 6.61 Å². The lowest BCUT2D eigenvalue weighted by atomic mass is 9.89. The van der Waals surface area contributed by atoms with Crippen LogP contribution in [0.1, 0.15) is 29.5 Å². The predicted octanol–water partition coefficient (Wildman–Crippen LogP) is 3.68. The van der Waals surface area contributed by atoms with Crippen LogP contribution in [0.5, 0.6) is 5.75 Å². The molecule has 2 aromatic carbocycles.